The molecule has 5 nitrogen and oxygen atoms in total. The van der Waals surface area contributed by atoms with Crippen LogP contribution in [0, 0.1) is 0 Å². The van der Waals surface area contributed by atoms with Crippen LogP contribution < -0.4 is 0 Å². The lowest BCUT2D eigenvalue weighted by Crippen LogP contribution is -2.19. The van der Waals surface area contributed by atoms with Crippen molar-refractivity contribution in [2.75, 3.05) is 7.05 Å². The fraction of sp³-hybridized carbons (Fsp3) is 0.250. The molecule has 2 heterocycles. The SMILES string of the molecule is CN(Cc1cc(Br)cs1)Cc1ncncc1C(=O)O. The van der Waals surface area contributed by atoms with Crippen LogP contribution in [0.25, 0.3) is 0 Å². The van der Waals surface area contributed by atoms with E-state index in [0.29, 0.717) is 12.2 Å². The molecule has 0 aliphatic carbocycles. The molecule has 0 radical (unpaired) electrons. The van der Waals surface area contributed by atoms with Gasteiger partial charge in [0.2, 0.25) is 0 Å². The molecule has 0 aliphatic rings. The fourth-order valence-electron chi connectivity index (χ4n) is 1.67. The van der Waals surface area contributed by atoms with E-state index in [9.17, 15) is 4.79 Å². The molecule has 0 unspecified atom stereocenters. The highest BCUT2D eigenvalue weighted by Crippen LogP contribution is 2.21. The number of carbonyl (C=O) groups is 1. The Morgan fingerprint density at radius 3 is 2.95 bits per heavy atom. The van der Waals surface area contributed by atoms with Crippen LogP contribution in [0.5, 0.6) is 0 Å². The van der Waals surface area contributed by atoms with Crippen LogP contribution in [-0.2, 0) is 13.1 Å². The van der Waals surface area contributed by atoms with Crippen molar-refractivity contribution in [1.82, 2.24) is 14.9 Å². The molecule has 100 valence electrons. The lowest BCUT2D eigenvalue weighted by atomic mass is 10.2. The third-order valence-electron chi connectivity index (χ3n) is 2.49. The standard InChI is InChI=1S/C12H12BrN3O2S/c1-16(4-9-2-8(13)6-19-9)5-11-10(12(17)18)3-14-7-15-11/h2-3,6-7H,4-5H2,1H3,(H,17,18). The van der Waals surface area contributed by atoms with Gasteiger partial charge in [-0.2, -0.15) is 0 Å². The summed E-state index contributed by atoms with van der Waals surface area (Å²) in [4.78, 5) is 22.1. The summed E-state index contributed by atoms with van der Waals surface area (Å²) in [5.74, 6) is -0.997. The van der Waals surface area contributed by atoms with Crippen LogP contribution in [0.4, 0.5) is 0 Å². The highest BCUT2D eigenvalue weighted by molar-refractivity contribution is 9.10. The van der Waals surface area contributed by atoms with E-state index in [1.807, 2.05) is 17.3 Å². The molecule has 0 aromatic carbocycles. The van der Waals surface area contributed by atoms with Gasteiger partial charge in [-0.25, -0.2) is 14.8 Å². The first-order chi connectivity index (χ1) is 9.06. The summed E-state index contributed by atoms with van der Waals surface area (Å²) in [6.07, 6.45) is 2.71. The van der Waals surface area contributed by atoms with E-state index in [1.54, 1.807) is 11.3 Å². The van der Waals surface area contributed by atoms with Crippen molar-refractivity contribution in [3.63, 3.8) is 0 Å². The zero-order chi connectivity index (χ0) is 13.8. The number of rotatable bonds is 5. The van der Waals surface area contributed by atoms with Crippen LogP contribution in [0.1, 0.15) is 20.9 Å². The predicted molar refractivity (Wildman–Crippen MR) is 76.2 cm³/mol. The Balaban J connectivity index is 2.06. The van der Waals surface area contributed by atoms with E-state index in [0.717, 1.165) is 11.0 Å². The molecule has 2 aromatic heterocycles. The fourth-order valence-corrected chi connectivity index (χ4v) is 3.20. The highest BCUT2D eigenvalue weighted by Gasteiger charge is 2.13. The second kappa shape index (κ2) is 6.23. The van der Waals surface area contributed by atoms with Crippen molar-refractivity contribution in [2.45, 2.75) is 13.1 Å². The van der Waals surface area contributed by atoms with Gasteiger partial charge < -0.3 is 5.11 Å². The predicted octanol–water partition coefficient (Wildman–Crippen LogP) is 2.63. The Morgan fingerprint density at radius 1 is 1.53 bits per heavy atom. The molecule has 0 saturated heterocycles. The van der Waals surface area contributed by atoms with E-state index in [1.165, 1.54) is 17.4 Å². The summed E-state index contributed by atoms with van der Waals surface area (Å²) in [6, 6.07) is 2.05. The minimum Gasteiger partial charge on any atom is -0.478 e. The first-order valence-corrected chi connectivity index (χ1v) is 7.17. The molecule has 1 N–H and O–H groups in total. The van der Waals surface area contributed by atoms with Gasteiger partial charge in [0.15, 0.2) is 0 Å². The van der Waals surface area contributed by atoms with Crippen molar-refractivity contribution in [3.8, 4) is 0 Å². The maximum absolute atomic E-state index is 11.1. The Kier molecular flexibility index (Phi) is 4.62. The minimum absolute atomic E-state index is 0.154. The number of carboxylic acids is 1. The van der Waals surface area contributed by atoms with Crippen LogP contribution in [-0.4, -0.2) is 33.0 Å². The largest absolute Gasteiger partial charge is 0.478 e. The Hall–Kier alpha value is -1.31. The van der Waals surface area contributed by atoms with E-state index in [-0.39, 0.29) is 5.56 Å². The molecule has 7 heteroatoms. The molecule has 0 saturated carbocycles. The van der Waals surface area contributed by atoms with E-state index in [2.05, 4.69) is 32.0 Å². The number of nitrogens with zero attached hydrogens (tertiary/aromatic N) is 3. The Bertz CT molecular complexity index is 588. The summed E-state index contributed by atoms with van der Waals surface area (Å²) in [7, 11) is 1.93. The average molecular weight is 342 g/mol. The second-order valence-corrected chi connectivity index (χ2v) is 6.00. The lowest BCUT2D eigenvalue weighted by Gasteiger charge is -2.15. The maximum Gasteiger partial charge on any atom is 0.339 e. The molecule has 0 aliphatic heterocycles. The van der Waals surface area contributed by atoms with Gasteiger partial charge in [0.25, 0.3) is 0 Å². The molecule has 0 spiro atoms. The quantitative estimate of drug-likeness (QED) is 0.905. The molecule has 19 heavy (non-hydrogen) atoms. The third kappa shape index (κ3) is 3.82. The molecule has 2 aromatic rings. The third-order valence-corrected chi connectivity index (χ3v) is 4.17. The molecule has 0 bridgehead atoms. The number of carboxylic acid groups (broad SMARTS) is 1. The van der Waals surface area contributed by atoms with Gasteiger partial charge in [0.05, 0.1) is 5.69 Å². The van der Waals surface area contributed by atoms with Crippen molar-refractivity contribution in [2.24, 2.45) is 0 Å². The Morgan fingerprint density at radius 2 is 2.32 bits per heavy atom. The summed E-state index contributed by atoms with van der Waals surface area (Å²) >= 11 is 5.07. The van der Waals surface area contributed by atoms with Crippen molar-refractivity contribution in [1.29, 1.82) is 0 Å². The van der Waals surface area contributed by atoms with E-state index < -0.39 is 5.97 Å². The van der Waals surface area contributed by atoms with Gasteiger partial charge in [-0.1, -0.05) is 0 Å². The van der Waals surface area contributed by atoms with Gasteiger partial charge in [-0.3, -0.25) is 4.90 Å². The first-order valence-electron chi connectivity index (χ1n) is 5.50. The topological polar surface area (TPSA) is 66.3 Å². The van der Waals surface area contributed by atoms with Crippen molar-refractivity contribution < 1.29 is 9.90 Å². The number of aromatic carboxylic acids is 1. The van der Waals surface area contributed by atoms with E-state index in [4.69, 9.17) is 5.11 Å². The van der Waals surface area contributed by atoms with E-state index >= 15 is 0 Å². The lowest BCUT2D eigenvalue weighted by molar-refractivity contribution is 0.0693. The van der Waals surface area contributed by atoms with Gasteiger partial charge >= 0.3 is 5.97 Å². The molecule has 2 rings (SSSR count). The molecular formula is C12H12BrN3O2S. The van der Waals surface area contributed by atoms with Gasteiger partial charge in [-0.15, -0.1) is 11.3 Å². The van der Waals surface area contributed by atoms with Crippen LogP contribution in [0.3, 0.4) is 0 Å². The van der Waals surface area contributed by atoms with Crippen LogP contribution >= 0.6 is 27.3 Å². The van der Waals surface area contributed by atoms with Crippen LogP contribution in [0.2, 0.25) is 0 Å². The van der Waals surface area contributed by atoms with Gasteiger partial charge in [0, 0.05) is 34.0 Å². The normalized spacial score (nSPS) is 10.9. The van der Waals surface area contributed by atoms with Gasteiger partial charge in [0.1, 0.15) is 11.9 Å². The van der Waals surface area contributed by atoms with Crippen molar-refractivity contribution in [3.05, 3.63) is 44.6 Å². The monoisotopic (exact) mass is 341 g/mol. The first kappa shape index (κ1) is 14.1. The van der Waals surface area contributed by atoms with Gasteiger partial charge in [-0.05, 0) is 29.0 Å². The summed E-state index contributed by atoms with van der Waals surface area (Å²) in [6.45, 7) is 1.22. The molecule has 0 atom stereocenters. The smallest absolute Gasteiger partial charge is 0.339 e. The number of hydrogen-bond acceptors (Lipinski definition) is 5. The number of hydrogen-bond donors (Lipinski definition) is 1. The van der Waals surface area contributed by atoms with Crippen LogP contribution in [0.15, 0.2) is 28.4 Å². The number of aromatic nitrogens is 2. The number of halogens is 1. The maximum atomic E-state index is 11.1. The summed E-state index contributed by atoms with van der Waals surface area (Å²) < 4.78 is 1.06. The number of thiophene rings is 1. The zero-order valence-corrected chi connectivity index (χ0v) is 12.6. The summed E-state index contributed by atoms with van der Waals surface area (Å²) in [5.41, 5.74) is 0.683. The zero-order valence-electron chi connectivity index (χ0n) is 10.2. The average Bonchev–Trinajstić information content (AvgIpc) is 2.75. The highest BCUT2D eigenvalue weighted by atomic mass is 79.9. The molecule has 0 fully saturated rings. The summed E-state index contributed by atoms with van der Waals surface area (Å²) in [5, 5.41) is 11.1. The minimum atomic E-state index is -0.997. The van der Waals surface area contributed by atoms with Crippen molar-refractivity contribution >= 4 is 33.2 Å². The molecular weight excluding hydrogens is 330 g/mol. The molecule has 0 amide bonds. The second-order valence-electron chi connectivity index (χ2n) is 4.09. The Labute approximate surface area is 123 Å².